The van der Waals surface area contributed by atoms with Crippen LogP contribution in [0.2, 0.25) is 0 Å². The number of rotatable bonds is 18. The standard InChI is InChI=1S/C36H37NO9/c1-3-26(20-23-44-33(38)4-2)25-45-35(40)19-18-34(39)43-22-5-21-42-31-14-12-30(13-15-31)36(41)46-32-16-10-29(11-17-32)28-8-6-27(24-37)7-9-28/h4,6-17,26H,2-3,5,18-23,25H2,1H3. The summed E-state index contributed by atoms with van der Waals surface area (Å²) < 4.78 is 26.5. The van der Waals surface area contributed by atoms with Crippen LogP contribution in [0.4, 0.5) is 0 Å². The fourth-order valence-corrected chi connectivity index (χ4v) is 4.09. The third kappa shape index (κ3) is 12.3. The predicted octanol–water partition coefficient (Wildman–Crippen LogP) is 6.23. The molecule has 0 bridgehead atoms. The van der Waals surface area contributed by atoms with E-state index in [2.05, 4.69) is 12.6 Å². The molecule has 0 amide bonds. The van der Waals surface area contributed by atoms with Crippen LogP contribution < -0.4 is 9.47 Å². The molecule has 1 atom stereocenters. The van der Waals surface area contributed by atoms with E-state index in [4.69, 9.17) is 28.9 Å². The highest BCUT2D eigenvalue weighted by Gasteiger charge is 2.14. The quantitative estimate of drug-likeness (QED) is 0.0525. The number of ether oxygens (including phenoxy) is 5. The van der Waals surface area contributed by atoms with E-state index in [1.807, 2.05) is 31.2 Å². The topological polar surface area (TPSA) is 138 Å². The average Bonchev–Trinajstić information content (AvgIpc) is 3.09. The van der Waals surface area contributed by atoms with Gasteiger partial charge in [-0.2, -0.15) is 5.26 Å². The fraction of sp³-hybridized carbons (Fsp3) is 0.306. The maximum absolute atomic E-state index is 12.6. The van der Waals surface area contributed by atoms with Gasteiger partial charge in [0, 0.05) is 12.5 Å². The van der Waals surface area contributed by atoms with Gasteiger partial charge in [0.05, 0.1) is 56.5 Å². The molecule has 0 N–H and O–H groups in total. The number of esters is 4. The Hall–Kier alpha value is -5.43. The van der Waals surface area contributed by atoms with Crippen molar-refractivity contribution >= 4 is 23.9 Å². The number of carbonyl (C=O) groups excluding carboxylic acids is 4. The summed E-state index contributed by atoms with van der Waals surface area (Å²) in [4.78, 5) is 47.6. The molecule has 0 spiro atoms. The molecule has 240 valence electrons. The molecule has 10 heteroatoms. The summed E-state index contributed by atoms with van der Waals surface area (Å²) in [5, 5.41) is 8.95. The third-order valence-corrected chi connectivity index (χ3v) is 6.85. The van der Waals surface area contributed by atoms with E-state index in [1.165, 1.54) is 0 Å². The molecule has 1 unspecified atom stereocenters. The molecule has 0 saturated carbocycles. The largest absolute Gasteiger partial charge is 0.493 e. The molecular formula is C36H37NO9. The van der Waals surface area contributed by atoms with Gasteiger partial charge in [-0.3, -0.25) is 9.59 Å². The van der Waals surface area contributed by atoms with Gasteiger partial charge in [0.1, 0.15) is 11.5 Å². The molecule has 0 aromatic heterocycles. The first kappa shape index (κ1) is 35.1. The maximum Gasteiger partial charge on any atom is 0.343 e. The van der Waals surface area contributed by atoms with Gasteiger partial charge in [0.25, 0.3) is 0 Å². The molecule has 0 aliphatic carbocycles. The van der Waals surface area contributed by atoms with Crippen molar-refractivity contribution in [3.63, 3.8) is 0 Å². The van der Waals surface area contributed by atoms with Crippen molar-refractivity contribution < 1.29 is 42.9 Å². The van der Waals surface area contributed by atoms with Crippen molar-refractivity contribution in [2.45, 2.75) is 39.0 Å². The number of benzene rings is 3. The van der Waals surface area contributed by atoms with E-state index in [0.717, 1.165) is 23.6 Å². The molecule has 3 aromatic rings. The molecular weight excluding hydrogens is 590 g/mol. The lowest BCUT2D eigenvalue weighted by Gasteiger charge is -2.14. The zero-order valence-electron chi connectivity index (χ0n) is 25.8. The second kappa shape index (κ2) is 19.1. The van der Waals surface area contributed by atoms with Gasteiger partial charge >= 0.3 is 23.9 Å². The molecule has 46 heavy (non-hydrogen) atoms. The monoisotopic (exact) mass is 627 g/mol. The number of nitriles is 1. The van der Waals surface area contributed by atoms with Crippen molar-refractivity contribution in [1.29, 1.82) is 5.26 Å². The number of carbonyl (C=O) groups is 4. The molecule has 3 rings (SSSR count). The summed E-state index contributed by atoms with van der Waals surface area (Å²) in [5.74, 6) is -1.01. The van der Waals surface area contributed by atoms with Gasteiger partial charge < -0.3 is 23.7 Å². The SMILES string of the molecule is C=CC(=O)OCCC(CC)COC(=O)CCC(=O)OCCCOc1ccc(C(=O)Oc2ccc(-c3ccc(C#N)cc3)cc2)cc1. The van der Waals surface area contributed by atoms with E-state index in [0.29, 0.717) is 35.5 Å². The normalized spacial score (nSPS) is 11.0. The fourth-order valence-electron chi connectivity index (χ4n) is 4.09. The first-order chi connectivity index (χ1) is 22.3. The Balaban J connectivity index is 1.28. The van der Waals surface area contributed by atoms with Crippen molar-refractivity contribution in [3.8, 4) is 28.7 Å². The highest BCUT2D eigenvalue weighted by molar-refractivity contribution is 5.91. The smallest absolute Gasteiger partial charge is 0.343 e. The minimum Gasteiger partial charge on any atom is -0.493 e. The maximum atomic E-state index is 12.6. The first-order valence-electron chi connectivity index (χ1n) is 15.0. The van der Waals surface area contributed by atoms with Crippen LogP contribution in [-0.4, -0.2) is 50.3 Å². The Labute approximate surface area is 268 Å². The molecule has 10 nitrogen and oxygen atoms in total. The second-order valence-electron chi connectivity index (χ2n) is 10.2. The summed E-state index contributed by atoms with van der Waals surface area (Å²) in [5.41, 5.74) is 2.82. The number of nitrogens with zero attached hydrogens (tertiary/aromatic N) is 1. The van der Waals surface area contributed by atoms with E-state index in [-0.39, 0.29) is 45.2 Å². The predicted molar refractivity (Wildman–Crippen MR) is 169 cm³/mol. The van der Waals surface area contributed by atoms with Gasteiger partial charge in [-0.05, 0) is 78.4 Å². The van der Waals surface area contributed by atoms with Gasteiger partial charge in [0.15, 0.2) is 0 Å². The highest BCUT2D eigenvalue weighted by Crippen LogP contribution is 2.24. The molecule has 0 aliphatic heterocycles. The Kier molecular flexibility index (Phi) is 14.5. The van der Waals surface area contributed by atoms with E-state index < -0.39 is 23.9 Å². The molecule has 0 fully saturated rings. The summed E-state index contributed by atoms with van der Waals surface area (Å²) in [6, 6.07) is 22.9. The van der Waals surface area contributed by atoms with Gasteiger partial charge in [-0.1, -0.05) is 37.8 Å². The molecule has 0 saturated heterocycles. The minimum absolute atomic E-state index is 0.0457. The molecule has 0 heterocycles. The Morgan fingerprint density at radius 2 is 1.39 bits per heavy atom. The lowest BCUT2D eigenvalue weighted by Crippen LogP contribution is -2.17. The van der Waals surface area contributed by atoms with Crippen LogP contribution in [-0.2, 0) is 28.6 Å². The Bertz CT molecular complexity index is 1490. The lowest BCUT2D eigenvalue weighted by atomic mass is 10.0. The third-order valence-electron chi connectivity index (χ3n) is 6.85. The summed E-state index contributed by atoms with van der Waals surface area (Å²) >= 11 is 0. The van der Waals surface area contributed by atoms with Crippen LogP contribution >= 0.6 is 0 Å². The van der Waals surface area contributed by atoms with Crippen LogP contribution in [0.1, 0.15) is 54.9 Å². The second-order valence-corrected chi connectivity index (χ2v) is 10.2. The highest BCUT2D eigenvalue weighted by atomic mass is 16.5. The van der Waals surface area contributed by atoms with Crippen molar-refractivity contribution in [1.82, 2.24) is 0 Å². The van der Waals surface area contributed by atoms with Crippen LogP contribution in [0.5, 0.6) is 11.5 Å². The summed E-state index contributed by atoms with van der Waals surface area (Å²) in [7, 11) is 0. The van der Waals surface area contributed by atoms with E-state index in [1.54, 1.807) is 48.5 Å². The van der Waals surface area contributed by atoms with Crippen LogP contribution in [0.25, 0.3) is 11.1 Å². The van der Waals surface area contributed by atoms with E-state index in [9.17, 15) is 19.2 Å². The van der Waals surface area contributed by atoms with Gasteiger partial charge in [0.2, 0.25) is 0 Å². The zero-order chi connectivity index (χ0) is 33.1. The van der Waals surface area contributed by atoms with Crippen LogP contribution in [0.3, 0.4) is 0 Å². The minimum atomic E-state index is -0.509. The molecule has 0 aliphatic rings. The Morgan fingerprint density at radius 1 is 0.783 bits per heavy atom. The lowest BCUT2D eigenvalue weighted by molar-refractivity contribution is -0.151. The van der Waals surface area contributed by atoms with Gasteiger partial charge in [-0.25, -0.2) is 9.59 Å². The van der Waals surface area contributed by atoms with Crippen LogP contribution in [0.15, 0.2) is 85.5 Å². The van der Waals surface area contributed by atoms with Gasteiger partial charge in [-0.15, -0.1) is 0 Å². The van der Waals surface area contributed by atoms with Crippen molar-refractivity contribution in [2.75, 3.05) is 26.4 Å². The zero-order valence-corrected chi connectivity index (χ0v) is 25.8. The number of hydrogen-bond acceptors (Lipinski definition) is 10. The van der Waals surface area contributed by atoms with Crippen LogP contribution in [0, 0.1) is 17.2 Å². The molecule has 0 radical (unpaired) electrons. The first-order valence-corrected chi connectivity index (χ1v) is 15.0. The molecule has 3 aromatic carbocycles. The summed E-state index contributed by atoms with van der Waals surface area (Å²) in [6.07, 6.45) is 2.66. The number of hydrogen-bond donors (Lipinski definition) is 0. The Morgan fingerprint density at radius 3 is 2.00 bits per heavy atom. The average molecular weight is 628 g/mol. The van der Waals surface area contributed by atoms with Crippen molar-refractivity contribution in [3.05, 3.63) is 96.6 Å². The van der Waals surface area contributed by atoms with E-state index >= 15 is 0 Å². The van der Waals surface area contributed by atoms with Crippen molar-refractivity contribution in [2.24, 2.45) is 5.92 Å². The summed E-state index contributed by atoms with van der Waals surface area (Å²) in [6.45, 7) is 6.10.